The van der Waals surface area contributed by atoms with E-state index in [2.05, 4.69) is 0 Å². The Labute approximate surface area is 120 Å². The van der Waals surface area contributed by atoms with Gasteiger partial charge in [-0.1, -0.05) is 47.5 Å². The molecule has 1 N–H and O–H groups in total. The molecule has 94 valence electrons. The van der Waals surface area contributed by atoms with Crippen molar-refractivity contribution in [1.29, 1.82) is 0 Å². The lowest BCUT2D eigenvalue weighted by Gasteiger charge is -2.07. The predicted octanol–water partition coefficient (Wildman–Crippen LogP) is 5.13. The zero-order valence-corrected chi connectivity index (χ0v) is 12.4. The van der Waals surface area contributed by atoms with Crippen molar-refractivity contribution in [3.05, 3.63) is 52.5 Å². The zero-order valence-electron chi connectivity index (χ0n) is 9.06. The van der Waals surface area contributed by atoms with Crippen LogP contribution in [0.3, 0.4) is 0 Å². The summed E-state index contributed by atoms with van der Waals surface area (Å²) in [5, 5.41) is 1.09. The van der Waals surface area contributed by atoms with Crippen LogP contribution in [0.2, 0.25) is 10.0 Å². The Morgan fingerprint density at radius 2 is 1.78 bits per heavy atom. The maximum absolute atomic E-state index is 10.8. The van der Waals surface area contributed by atoms with E-state index >= 15 is 0 Å². The highest BCUT2D eigenvalue weighted by Gasteiger charge is 2.08. The van der Waals surface area contributed by atoms with Crippen molar-refractivity contribution in [1.82, 2.24) is 0 Å². The Hall–Kier alpha value is -0.440. The molecular formula is C12H9Cl2O2PS. The molecular weight excluding hydrogens is 310 g/mol. The summed E-state index contributed by atoms with van der Waals surface area (Å²) in [6.45, 7) is 0. The van der Waals surface area contributed by atoms with Crippen LogP contribution in [0.15, 0.2) is 47.4 Å². The van der Waals surface area contributed by atoms with Crippen LogP contribution >= 0.6 is 41.8 Å². The van der Waals surface area contributed by atoms with Gasteiger partial charge in [-0.05, 0) is 35.1 Å². The average Bonchev–Trinajstić information content (AvgIpc) is 2.32. The summed E-state index contributed by atoms with van der Waals surface area (Å²) < 4.78 is 10.8. The average molecular weight is 319 g/mol. The van der Waals surface area contributed by atoms with Crippen LogP contribution in [0.25, 0.3) is 11.1 Å². The van der Waals surface area contributed by atoms with Gasteiger partial charge in [-0.2, -0.15) is 0 Å². The highest BCUT2D eigenvalue weighted by molar-refractivity contribution is 8.50. The summed E-state index contributed by atoms with van der Waals surface area (Å²) >= 11 is 13.1. The van der Waals surface area contributed by atoms with Crippen LogP contribution in [-0.4, -0.2) is 4.89 Å². The van der Waals surface area contributed by atoms with Crippen LogP contribution in [0.4, 0.5) is 0 Å². The SMILES string of the molecule is O=[PH](O)Sc1ccc(-c2ccccc2Cl)cc1Cl. The first-order valence-electron chi connectivity index (χ1n) is 5.03. The molecule has 0 aliphatic carbocycles. The van der Waals surface area contributed by atoms with Crippen molar-refractivity contribution >= 4 is 41.8 Å². The van der Waals surface area contributed by atoms with Crippen LogP contribution in [0, 0.1) is 0 Å². The molecule has 0 aromatic heterocycles. The van der Waals surface area contributed by atoms with E-state index in [-0.39, 0.29) is 0 Å². The highest BCUT2D eigenvalue weighted by Crippen LogP contribution is 2.44. The van der Waals surface area contributed by atoms with Gasteiger partial charge in [0.05, 0.1) is 5.02 Å². The number of hydrogen-bond donors (Lipinski definition) is 1. The molecule has 2 nitrogen and oxygen atoms in total. The van der Waals surface area contributed by atoms with Gasteiger partial charge >= 0.3 is 0 Å². The number of hydrogen-bond acceptors (Lipinski definition) is 2. The van der Waals surface area contributed by atoms with Crippen LogP contribution in [0.5, 0.6) is 0 Å². The fourth-order valence-electron chi connectivity index (χ4n) is 1.54. The summed E-state index contributed by atoms with van der Waals surface area (Å²) in [5.41, 5.74) is 1.77. The minimum Gasteiger partial charge on any atom is -0.339 e. The molecule has 6 heteroatoms. The van der Waals surface area contributed by atoms with Crippen LogP contribution in [0.1, 0.15) is 0 Å². The van der Waals surface area contributed by atoms with Gasteiger partial charge in [0, 0.05) is 15.5 Å². The van der Waals surface area contributed by atoms with Crippen LogP contribution in [-0.2, 0) is 4.57 Å². The quantitative estimate of drug-likeness (QED) is 0.797. The minimum atomic E-state index is -2.64. The minimum absolute atomic E-state index is 0.449. The van der Waals surface area contributed by atoms with Gasteiger partial charge in [0.2, 0.25) is 7.23 Å². The number of benzene rings is 2. The van der Waals surface area contributed by atoms with E-state index in [4.69, 9.17) is 28.1 Å². The van der Waals surface area contributed by atoms with Gasteiger partial charge in [-0.25, -0.2) is 0 Å². The first kappa shape index (κ1) is 14.0. The molecule has 0 saturated heterocycles. The van der Waals surface area contributed by atoms with Gasteiger partial charge in [0.25, 0.3) is 0 Å². The lowest BCUT2D eigenvalue weighted by Crippen LogP contribution is -1.80. The molecule has 0 aliphatic rings. The molecule has 2 aromatic rings. The van der Waals surface area contributed by atoms with E-state index in [1.165, 1.54) is 0 Å². The Balaban J connectivity index is 2.40. The van der Waals surface area contributed by atoms with Crippen molar-refractivity contribution in [2.45, 2.75) is 4.90 Å². The molecule has 0 aliphatic heterocycles. The second-order valence-electron chi connectivity index (χ2n) is 3.49. The number of rotatable bonds is 3. The standard InChI is InChI=1S/C12H9Cl2O2PS/c13-10-4-2-1-3-9(10)8-5-6-12(11(14)7-8)18-17(15)16/h1-7,17H,(H,15,16). The first-order valence-corrected chi connectivity index (χ1v) is 8.68. The third-order valence-electron chi connectivity index (χ3n) is 2.31. The summed E-state index contributed by atoms with van der Waals surface area (Å²) in [6, 6.07) is 12.8. The Bertz CT molecular complexity index is 604. The van der Waals surface area contributed by atoms with Gasteiger partial charge in [-0.3, -0.25) is 4.57 Å². The summed E-state index contributed by atoms with van der Waals surface area (Å²) in [6.07, 6.45) is 0. The lowest BCUT2D eigenvalue weighted by molar-refractivity contribution is 0.519. The Kier molecular flexibility index (Phi) is 4.77. The topological polar surface area (TPSA) is 37.3 Å². The third-order valence-corrected chi connectivity index (χ3v) is 5.00. The fourth-order valence-corrected chi connectivity index (χ4v) is 3.85. The maximum Gasteiger partial charge on any atom is 0.248 e. The highest BCUT2D eigenvalue weighted by atomic mass is 35.5. The lowest BCUT2D eigenvalue weighted by atomic mass is 10.1. The van der Waals surface area contributed by atoms with Crippen molar-refractivity contribution in [2.24, 2.45) is 0 Å². The summed E-state index contributed by atoms with van der Waals surface area (Å²) in [4.78, 5) is 9.49. The molecule has 1 unspecified atom stereocenters. The normalized spacial score (nSPS) is 12.4. The fraction of sp³-hybridized carbons (Fsp3) is 0. The predicted molar refractivity (Wildman–Crippen MR) is 79.0 cm³/mol. The smallest absolute Gasteiger partial charge is 0.248 e. The van der Waals surface area contributed by atoms with Crippen LogP contribution < -0.4 is 0 Å². The molecule has 0 fully saturated rings. The van der Waals surface area contributed by atoms with Crippen molar-refractivity contribution in [3.8, 4) is 11.1 Å². The molecule has 0 heterocycles. The van der Waals surface area contributed by atoms with E-state index in [0.29, 0.717) is 14.9 Å². The van der Waals surface area contributed by atoms with E-state index in [1.54, 1.807) is 18.2 Å². The first-order chi connectivity index (χ1) is 8.58. The van der Waals surface area contributed by atoms with E-state index < -0.39 is 7.23 Å². The Morgan fingerprint density at radius 1 is 1.06 bits per heavy atom. The van der Waals surface area contributed by atoms with E-state index in [0.717, 1.165) is 22.5 Å². The van der Waals surface area contributed by atoms with Gasteiger partial charge in [-0.15, -0.1) is 0 Å². The molecule has 0 spiro atoms. The van der Waals surface area contributed by atoms with Crippen molar-refractivity contribution in [2.75, 3.05) is 0 Å². The maximum atomic E-state index is 10.8. The second kappa shape index (κ2) is 6.14. The van der Waals surface area contributed by atoms with Crippen molar-refractivity contribution < 1.29 is 9.46 Å². The Morgan fingerprint density at radius 3 is 2.39 bits per heavy atom. The third kappa shape index (κ3) is 3.31. The molecule has 0 amide bonds. The largest absolute Gasteiger partial charge is 0.339 e. The number of halogens is 2. The van der Waals surface area contributed by atoms with Crippen molar-refractivity contribution in [3.63, 3.8) is 0 Å². The van der Waals surface area contributed by atoms with Gasteiger partial charge < -0.3 is 4.89 Å². The summed E-state index contributed by atoms with van der Waals surface area (Å²) in [5.74, 6) is 0. The second-order valence-corrected chi connectivity index (χ2v) is 7.14. The molecule has 1 atom stereocenters. The zero-order chi connectivity index (χ0) is 13.1. The van der Waals surface area contributed by atoms with E-state index in [1.807, 2.05) is 24.3 Å². The molecule has 0 bridgehead atoms. The molecule has 2 aromatic carbocycles. The van der Waals surface area contributed by atoms with Gasteiger partial charge in [0.1, 0.15) is 0 Å². The summed E-state index contributed by atoms with van der Waals surface area (Å²) in [7, 11) is -2.64. The van der Waals surface area contributed by atoms with Gasteiger partial charge in [0.15, 0.2) is 0 Å². The molecule has 18 heavy (non-hydrogen) atoms. The molecule has 0 saturated carbocycles. The van der Waals surface area contributed by atoms with E-state index in [9.17, 15) is 4.57 Å². The molecule has 2 rings (SSSR count). The monoisotopic (exact) mass is 318 g/mol. The molecule has 0 radical (unpaired) electrons.